The van der Waals surface area contributed by atoms with E-state index in [0.29, 0.717) is 31.6 Å². The van der Waals surface area contributed by atoms with Crippen LogP contribution in [-0.4, -0.2) is 37.7 Å². The van der Waals surface area contributed by atoms with Crippen LogP contribution in [0.5, 0.6) is 5.75 Å². The molecule has 0 bridgehead atoms. The van der Waals surface area contributed by atoms with Crippen molar-refractivity contribution in [3.8, 4) is 5.75 Å². The predicted octanol–water partition coefficient (Wildman–Crippen LogP) is 3.92. The van der Waals surface area contributed by atoms with Gasteiger partial charge in [-0.15, -0.1) is 0 Å². The number of benzene rings is 2. The number of quaternary nitrogens is 1. The van der Waals surface area contributed by atoms with Crippen molar-refractivity contribution in [2.45, 2.75) is 0 Å². The molecule has 128 valence electrons. The molecule has 0 unspecified atom stereocenters. The minimum atomic E-state index is -0.298. The van der Waals surface area contributed by atoms with E-state index in [-0.39, 0.29) is 17.1 Å². The lowest BCUT2D eigenvalue weighted by molar-refractivity contribution is 0.106. The van der Waals surface area contributed by atoms with E-state index in [2.05, 4.69) is 42.1 Å². The molecule has 0 saturated heterocycles. The molecule has 2 aromatic rings. The molecule has 0 amide bonds. The van der Waals surface area contributed by atoms with Crippen molar-refractivity contribution in [1.29, 1.82) is 0 Å². The third-order valence-electron chi connectivity index (χ3n) is 4.04. The van der Waals surface area contributed by atoms with Gasteiger partial charge in [0.05, 0.1) is 36.9 Å². The van der Waals surface area contributed by atoms with Gasteiger partial charge in [0.25, 0.3) is 0 Å². The molecular weight excluding hydrogens is 382 g/mol. The Kier molecular flexibility index (Phi) is 4.26. The summed E-state index contributed by atoms with van der Waals surface area (Å²) in [4.78, 5) is 17.3. The number of aromatic hydroxyl groups is 1. The third kappa shape index (κ3) is 3.23. The van der Waals surface area contributed by atoms with Gasteiger partial charge in [0.1, 0.15) is 17.1 Å². The summed E-state index contributed by atoms with van der Waals surface area (Å²) in [7, 11) is 6.19. The number of nitrogen functional groups attached to an aromatic ring is 1. The Balaban J connectivity index is 2.07. The lowest BCUT2D eigenvalue weighted by atomic mass is 9.92. The van der Waals surface area contributed by atoms with Crippen LogP contribution >= 0.6 is 15.9 Å². The molecule has 3 rings (SSSR count). The van der Waals surface area contributed by atoms with Gasteiger partial charge < -0.3 is 10.8 Å². The predicted molar refractivity (Wildman–Crippen MR) is 107 cm³/mol. The van der Waals surface area contributed by atoms with Gasteiger partial charge >= 0.3 is 0 Å². The molecule has 5 nitrogen and oxygen atoms in total. The number of nitrogens with zero attached hydrogens (tertiary/aromatic N) is 2. The Labute approximate surface area is 154 Å². The maximum absolute atomic E-state index is 12.8. The highest BCUT2D eigenvalue weighted by Crippen LogP contribution is 2.38. The number of aliphatic imine (C=N–C) groups is 1. The number of hydrogen-bond donors (Lipinski definition) is 2. The van der Waals surface area contributed by atoms with Crippen molar-refractivity contribution < 1.29 is 9.90 Å². The Bertz CT molecular complexity index is 940. The number of anilines is 1. The fraction of sp³-hybridized carbons (Fsp3) is 0.158. The fourth-order valence-corrected chi connectivity index (χ4v) is 3.13. The van der Waals surface area contributed by atoms with Gasteiger partial charge in [-0.25, -0.2) is 4.99 Å². The van der Waals surface area contributed by atoms with Crippen molar-refractivity contribution in [2.75, 3.05) is 26.9 Å². The molecule has 1 aliphatic rings. The second-order valence-electron chi connectivity index (χ2n) is 6.78. The van der Waals surface area contributed by atoms with Gasteiger partial charge in [-0.05, 0) is 46.3 Å². The van der Waals surface area contributed by atoms with Crippen LogP contribution in [0.25, 0.3) is 6.08 Å². The van der Waals surface area contributed by atoms with Crippen LogP contribution in [0.2, 0.25) is 0 Å². The zero-order valence-corrected chi connectivity index (χ0v) is 15.8. The first-order chi connectivity index (χ1) is 11.7. The Morgan fingerprint density at radius 2 is 1.88 bits per heavy atom. The molecule has 0 saturated carbocycles. The highest BCUT2D eigenvalue weighted by atomic mass is 79.9. The molecule has 0 fully saturated rings. The molecule has 0 radical (unpaired) electrons. The van der Waals surface area contributed by atoms with E-state index in [4.69, 9.17) is 5.73 Å². The van der Waals surface area contributed by atoms with E-state index in [1.807, 2.05) is 24.3 Å². The Morgan fingerprint density at radius 3 is 2.56 bits per heavy atom. The van der Waals surface area contributed by atoms with Gasteiger partial charge in [-0.2, -0.15) is 0 Å². The average Bonchev–Trinajstić information content (AvgIpc) is 2.54. The van der Waals surface area contributed by atoms with Crippen molar-refractivity contribution in [1.82, 2.24) is 4.48 Å². The number of phenols is 1. The maximum atomic E-state index is 12.8. The van der Waals surface area contributed by atoms with Crippen LogP contribution in [0.1, 0.15) is 15.9 Å². The molecule has 25 heavy (non-hydrogen) atoms. The van der Waals surface area contributed by atoms with E-state index >= 15 is 0 Å². The van der Waals surface area contributed by atoms with Crippen LogP contribution in [-0.2, 0) is 0 Å². The Morgan fingerprint density at radius 1 is 1.16 bits per heavy atom. The van der Waals surface area contributed by atoms with Gasteiger partial charge in [0, 0.05) is 17.3 Å². The van der Waals surface area contributed by atoms with E-state index in [1.165, 1.54) is 6.07 Å². The first-order valence-corrected chi connectivity index (χ1v) is 8.52. The molecule has 1 aliphatic carbocycles. The second kappa shape index (κ2) is 6.13. The molecule has 0 spiro atoms. The van der Waals surface area contributed by atoms with Crippen LogP contribution in [0, 0.1) is 0 Å². The molecule has 3 N–H and O–H groups in total. The molecule has 2 aromatic carbocycles. The van der Waals surface area contributed by atoms with Gasteiger partial charge in [0.15, 0.2) is 0 Å². The number of allylic oxidation sites excluding steroid dienone is 1. The number of rotatable bonds is 2. The monoisotopic (exact) mass is 400 g/mol. The van der Waals surface area contributed by atoms with Crippen molar-refractivity contribution >= 4 is 50.6 Å². The van der Waals surface area contributed by atoms with Crippen LogP contribution < -0.4 is 10.2 Å². The number of phenolic OH excluding ortho intramolecular Hbond substituents is 1. The Hall–Kier alpha value is -2.44. The zero-order valence-electron chi connectivity index (χ0n) is 14.2. The molecule has 0 aromatic heterocycles. The van der Waals surface area contributed by atoms with Crippen molar-refractivity contribution in [3.63, 3.8) is 0 Å². The number of halogens is 1. The SMILES string of the molecule is C[N+](C)(C)c1cccc(N=C2C=Cc3c(O)c(Br)cc(N)c3C2=O)c1. The smallest absolute Gasteiger partial charge is 0.214 e. The summed E-state index contributed by atoms with van der Waals surface area (Å²) in [6, 6.07) is 9.27. The van der Waals surface area contributed by atoms with Gasteiger partial charge in [0.2, 0.25) is 5.78 Å². The van der Waals surface area contributed by atoms with Gasteiger partial charge in [-0.1, -0.05) is 6.07 Å². The van der Waals surface area contributed by atoms with E-state index in [1.54, 1.807) is 12.2 Å². The molecular formula is C19H19BrN3O2+. The molecule has 0 atom stereocenters. The second-order valence-corrected chi connectivity index (χ2v) is 7.63. The van der Waals surface area contributed by atoms with E-state index in [9.17, 15) is 9.90 Å². The highest BCUT2D eigenvalue weighted by Gasteiger charge is 2.26. The quantitative estimate of drug-likeness (QED) is 0.455. The zero-order chi connectivity index (χ0) is 18.4. The number of hydrogen-bond acceptors (Lipinski definition) is 4. The minimum Gasteiger partial charge on any atom is -0.506 e. The minimum absolute atomic E-state index is 0.000111. The molecule has 6 heteroatoms. The standard InChI is InChI=1S/C19H18BrN3O2/c1-23(2,3)12-6-4-5-11(9-12)22-16-8-7-13-17(19(16)25)15(21)10-14(20)18(13)24/h4-10H,1-3H3,(H2-,21,22,24,25)/p+1. The highest BCUT2D eigenvalue weighted by molar-refractivity contribution is 9.10. The van der Waals surface area contributed by atoms with Crippen molar-refractivity contribution in [3.05, 3.63) is 52.0 Å². The first-order valence-electron chi connectivity index (χ1n) is 7.73. The summed E-state index contributed by atoms with van der Waals surface area (Å²) in [5, 5.41) is 10.1. The molecule has 0 aliphatic heterocycles. The normalized spacial score (nSPS) is 15.5. The van der Waals surface area contributed by atoms with Crippen LogP contribution in [0.4, 0.5) is 17.1 Å². The molecule has 0 heterocycles. The van der Waals surface area contributed by atoms with E-state index < -0.39 is 0 Å². The summed E-state index contributed by atoms with van der Waals surface area (Å²) in [6.45, 7) is 0. The van der Waals surface area contributed by atoms with Gasteiger partial charge in [-0.3, -0.25) is 9.28 Å². The summed E-state index contributed by atoms with van der Waals surface area (Å²) in [5.74, 6) is -0.298. The van der Waals surface area contributed by atoms with Crippen LogP contribution in [0.15, 0.2) is 45.9 Å². The number of carbonyl (C=O) groups is 1. The topological polar surface area (TPSA) is 75.7 Å². The lowest BCUT2D eigenvalue weighted by Crippen LogP contribution is -2.34. The average molecular weight is 401 g/mol. The lowest BCUT2D eigenvalue weighted by Gasteiger charge is -2.23. The van der Waals surface area contributed by atoms with E-state index in [0.717, 1.165) is 5.69 Å². The summed E-state index contributed by atoms with van der Waals surface area (Å²) < 4.78 is 1.11. The largest absolute Gasteiger partial charge is 0.506 e. The fourth-order valence-electron chi connectivity index (χ4n) is 2.67. The maximum Gasteiger partial charge on any atom is 0.214 e. The number of fused-ring (bicyclic) bond motifs is 1. The number of nitrogens with two attached hydrogens (primary N) is 1. The van der Waals surface area contributed by atoms with Crippen molar-refractivity contribution in [2.24, 2.45) is 4.99 Å². The number of carbonyl (C=O) groups excluding carboxylic acids is 1. The number of Topliss-reactive ketones (excluding diaryl/α,β-unsaturated/α-hetero) is 1. The summed E-state index contributed by atoms with van der Waals surface area (Å²) in [6.07, 6.45) is 3.27. The third-order valence-corrected chi connectivity index (χ3v) is 4.65. The number of ketones is 1. The van der Waals surface area contributed by atoms with Crippen LogP contribution in [0.3, 0.4) is 0 Å². The summed E-state index contributed by atoms with van der Waals surface area (Å²) >= 11 is 3.23. The first kappa shape index (κ1) is 17.4. The summed E-state index contributed by atoms with van der Waals surface area (Å²) in [5.41, 5.74) is 9.05.